The minimum Gasteiger partial charge on any atom is -0.308 e. The van der Waals surface area contributed by atoms with E-state index in [-0.39, 0.29) is 5.82 Å². The molecule has 100 valence electrons. The molecule has 0 spiro atoms. The first-order valence-corrected chi connectivity index (χ1v) is 6.17. The van der Waals surface area contributed by atoms with Crippen LogP contribution in [0.2, 0.25) is 0 Å². The summed E-state index contributed by atoms with van der Waals surface area (Å²) in [4.78, 5) is 8.92. The smallest absolute Gasteiger partial charge is 0.162 e. The lowest BCUT2D eigenvalue weighted by Gasteiger charge is -2.12. The molecule has 0 fully saturated rings. The second-order valence-corrected chi connectivity index (χ2v) is 4.42. The summed E-state index contributed by atoms with van der Waals surface area (Å²) in [6.45, 7) is 5.79. The van der Waals surface area contributed by atoms with Crippen LogP contribution in [0, 0.1) is 19.7 Å². The summed E-state index contributed by atoms with van der Waals surface area (Å²) in [6, 6.07) is 4.57. The van der Waals surface area contributed by atoms with E-state index in [1.54, 1.807) is 6.07 Å². The van der Waals surface area contributed by atoms with Crippen LogP contribution in [0.3, 0.4) is 0 Å². The summed E-state index contributed by atoms with van der Waals surface area (Å²) in [5.74, 6) is 6.39. The zero-order chi connectivity index (χ0) is 14.0. The third kappa shape index (κ3) is 2.56. The number of nitrogens with zero attached hydrogens (tertiary/aromatic N) is 2. The molecule has 0 saturated carbocycles. The van der Waals surface area contributed by atoms with E-state index in [9.17, 15) is 4.39 Å². The average molecular weight is 260 g/mol. The lowest BCUT2D eigenvalue weighted by Crippen LogP contribution is -2.13. The van der Waals surface area contributed by atoms with Crippen molar-refractivity contribution < 1.29 is 4.39 Å². The molecular formula is C14H17FN4. The molecule has 1 aromatic heterocycles. The highest BCUT2D eigenvalue weighted by molar-refractivity contribution is 5.63. The van der Waals surface area contributed by atoms with E-state index in [4.69, 9.17) is 5.84 Å². The van der Waals surface area contributed by atoms with Gasteiger partial charge in [-0.25, -0.2) is 20.2 Å². The molecule has 19 heavy (non-hydrogen) atoms. The van der Waals surface area contributed by atoms with E-state index in [0.717, 1.165) is 28.8 Å². The Hall–Kier alpha value is -2.01. The Balaban J connectivity index is 2.62. The summed E-state index contributed by atoms with van der Waals surface area (Å²) in [5.41, 5.74) is 6.07. The number of benzene rings is 1. The maximum absolute atomic E-state index is 13.1. The number of rotatable bonds is 3. The minimum absolute atomic E-state index is 0.263. The van der Waals surface area contributed by atoms with Crippen molar-refractivity contribution >= 4 is 5.82 Å². The van der Waals surface area contributed by atoms with Crippen LogP contribution in [0.15, 0.2) is 18.2 Å². The number of halogens is 1. The van der Waals surface area contributed by atoms with E-state index in [0.29, 0.717) is 11.6 Å². The van der Waals surface area contributed by atoms with Gasteiger partial charge in [-0.2, -0.15) is 0 Å². The monoisotopic (exact) mass is 260 g/mol. The van der Waals surface area contributed by atoms with Crippen LogP contribution in [-0.4, -0.2) is 9.97 Å². The van der Waals surface area contributed by atoms with E-state index in [1.165, 1.54) is 12.1 Å². The van der Waals surface area contributed by atoms with Gasteiger partial charge in [0.25, 0.3) is 0 Å². The molecular weight excluding hydrogens is 243 g/mol. The minimum atomic E-state index is -0.263. The van der Waals surface area contributed by atoms with E-state index < -0.39 is 0 Å². The van der Waals surface area contributed by atoms with Crippen molar-refractivity contribution in [2.45, 2.75) is 27.2 Å². The van der Waals surface area contributed by atoms with E-state index in [1.807, 2.05) is 20.8 Å². The average Bonchev–Trinajstić information content (AvgIpc) is 2.39. The molecule has 0 radical (unpaired) electrons. The Morgan fingerprint density at radius 3 is 2.58 bits per heavy atom. The van der Waals surface area contributed by atoms with Crippen LogP contribution in [0.25, 0.3) is 11.4 Å². The number of anilines is 1. The van der Waals surface area contributed by atoms with Gasteiger partial charge in [-0.05, 0) is 44.0 Å². The van der Waals surface area contributed by atoms with Gasteiger partial charge in [0.1, 0.15) is 11.6 Å². The van der Waals surface area contributed by atoms with Gasteiger partial charge < -0.3 is 5.43 Å². The van der Waals surface area contributed by atoms with Gasteiger partial charge in [0.2, 0.25) is 0 Å². The van der Waals surface area contributed by atoms with E-state index >= 15 is 0 Å². The Bertz CT molecular complexity index is 585. The first-order valence-electron chi connectivity index (χ1n) is 6.17. The van der Waals surface area contributed by atoms with Crippen molar-refractivity contribution in [1.29, 1.82) is 0 Å². The molecule has 0 aliphatic carbocycles. The zero-order valence-corrected chi connectivity index (χ0v) is 11.3. The molecule has 0 aliphatic rings. The van der Waals surface area contributed by atoms with Crippen molar-refractivity contribution in [3.63, 3.8) is 0 Å². The molecule has 1 aromatic carbocycles. The lowest BCUT2D eigenvalue weighted by molar-refractivity contribution is 0.627. The molecule has 2 aromatic rings. The van der Waals surface area contributed by atoms with Crippen LogP contribution < -0.4 is 11.3 Å². The molecule has 0 atom stereocenters. The number of nitrogens with two attached hydrogens (primary N) is 1. The highest BCUT2D eigenvalue weighted by Gasteiger charge is 2.12. The Kier molecular flexibility index (Phi) is 3.76. The number of aryl methyl sites for hydroxylation is 2. The Morgan fingerprint density at radius 1 is 1.26 bits per heavy atom. The second-order valence-electron chi connectivity index (χ2n) is 4.42. The van der Waals surface area contributed by atoms with Crippen molar-refractivity contribution in [3.05, 3.63) is 40.8 Å². The number of hydrazine groups is 1. The molecule has 0 amide bonds. The van der Waals surface area contributed by atoms with Gasteiger partial charge >= 0.3 is 0 Å². The van der Waals surface area contributed by atoms with Crippen molar-refractivity contribution in [2.75, 3.05) is 5.43 Å². The van der Waals surface area contributed by atoms with Crippen molar-refractivity contribution in [3.8, 4) is 11.4 Å². The number of nitrogen functional groups attached to an aromatic ring is 1. The van der Waals surface area contributed by atoms with Crippen LogP contribution in [-0.2, 0) is 6.42 Å². The quantitative estimate of drug-likeness (QED) is 0.658. The number of nitrogens with one attached hydrogen (secondary N) is 1. The summed E-state index contributed by atoms with van der Waals surface area (Å²) in [5, 5.41) is 0. The Morgan fingerprint density at radius 2 is 2.00 bits per heavy atom. The van der Waals surface area contributed by atoms with Gasteiger partial charge in [-0.1, -0.05) is 6.92 Å². The van der Waals surface area contributed by atoms with Gasteiger partial charge in [-0.15, -0.1) is 0 Å². The van der Waals surface area contributed by atoms with Crippen molar-refractivity contribution in [2.24, 2.45) is 5.84 Å². The summed E-state index contributed by atoms with van der Waals surface area (Å²) in [7, 11) is 0. The lowest BCUT2D eigenvalue weighted by atomic mass is 10.1. The molecule has 2 rings (SSSR count). The van der Waals surface area contributed by atoms with Crippen LogP contribution in [0.5, 0.6) is 0 Å². The van der Waals surface area contributed by atoms with Crippen LogP contribution in [0.4, 0.5) is 10.2 Å². The number of aromatic nitrogens is 2. The largest absolute Gasteiger partial charge is 0.308 e. The van der Waals surface area contributed by atoms with E-state index in [2.05, 4.69) is 15.4 Å². The molecule has 0 unspecified atom stereocenters. The summed E-state index contributed by atoms with van der Waals surface area (Å²) < 4.78 is 13.1. The Labute approximate surface area is 111 Å². The van der Waals surface area contributed by atoms with Gasteiger partial charge in [-0.3, -0.25) is 0 Å². The molecule has 0 aliphatic heterocycles. The fourth-order valence-electron chi connectivity index (χ4n) is 2.05. The highest BCUT2D eigenvalue weighted by atomic mass is 19.1. The zero-order valence-electron chi connectivity index (χ0n) is 11.3. The highest BCUT2D eigenvalue weighted by Crippen LogP contribution is 2.24. The maximum atomic E-state index is 13.1. The topological polar surface area (TPSA) is 63.8 Å². The van der Waals surface area contributed by atoms with Gasteiger partial charge in [0, 0.05) is 16.8 Å². The SMILES string of the molecule is CCc1nc(-c2ccc(F)cc2C)nc(NN)c1C. The third-order valence-corrected chi connectivity index (χ3v) is 3.15. The van der Waals surface area contributed by atoms with Crippen molar-refractivity contribution in [1.82, 2.24) is 9.97 Å². The molecule has 5 heteroatoms. The first-order chi connectivity index (χ1) is 9.06. The molecule has 0 bridgehead atoms. The normalized spacial score (nSPS) is 10.6. The van der Waals surface area contributed by atoms with Gasteiger partial charge in [0.15, 0.2) is 5.82 Å². The first kappa shape index (κ1) is 13.4. The molecule has 4 nitrogen and oxygen atoms in total. The fraction of sp³-hybridized carbons (Fsp3) is 0.286. The number of hydrogen-bond donors (Lipinski definition) is 2. The third-order valence-electron chi connectivity index (χ3n) is 3.15. The second kappa shape index (κ2) is 5.32. The fourth-order valence-corrected chi connectivity index (χ4v) is 2.05. The van der Waals surface area contributed by atoms with Gasteiger partial charge in [0.05, 0.1) is 0 Å². The molecule has 1 heterocycles. The maximum Gasteiger partial charge on any atom is 0.162 e. The predicted octanol–water partition coefficient (Wildman–Crippen LogP) is 2.75. The predicted molar refractivity (Wildman–Crippen MR) is 74.1 cm³/mol. The standard InChI is InChI=1S/C14H17FN4/c1-4-12-9(3)13(19-16)18-14(17-12)11-6-5-10(15)7-8(11)2/h5-7H,4,16H2,1-3H3,(H,17,18,19). The molecule has 3 N–H and O–H groups in total. The summed E-state index contributed by atoms with van der Waals surface area (Å²) >= 11 is 0. The van der Waals surface area contributed by atoms with Crippen LogP contribution >= 0.6 is 0 Å². The van der Waals surface area contributed by atoms with Crippen LogP contribution in [0.1, 0.15) is 23.7 Å². The summed E-state index contributed by atoms with van der Waals surface area (Å²) in [6.07, 6.45) is 0.788. The number of hydrogen-bond acceptors (Lipinski definition) is 4. The molecule has 0 saturated heterocycles.